The molecule has 1 aromatic carbocycles. The highest BCUT2D eigenvalue weighted by molar-refractivity contribution is 5.83. The fourth-order valence-electron chi connectivity index (χ4n) is 2.88. The lowest BCUT2D eigenvalue weighted by Crippen LogP contribution is -2.49. The molecule has 1 aliphatic heterocycles. The van der Waals surface area contributed by atoms with E-state index in [9.17, 15) is 9.59 Å². The number of nitrogens with zero attached hydrogens (tertiary/aromatic N) is 1. The molecule has 0 spiro atoms. The third kappa shape index (κ3) is 5.85. The predicted molar refractivity (Wildman–Crippen MR) is 98.1 cm³/mol. The van der Waals surface area contributed by atoms with Crippen molar-refractivity contribution in [1.82, 2.24) is 16.0 Å². The number of carbonyl (C=O) groups is 2. The number of methoxy groups -OCH3 is 1. The maximum Gasteiger partial charge on any atom is 0.315 e. The second-order valence-corrected chi connectivity index (χ2v) is 6.11. The first kappa shape index (κ1) is 18.9. The standard InChI is InChI=1S/C18H28N4O3/c1-3-10-19-17(23)13-20-18(24)21-14-8-11-22(12-9-14)15-6-4-5-7-16(15)25-2/h4-7,14H,3,8-13H2,1-2H3,(H,19,23)(H2,20,21,24). The molecule has 3 amide bonds. The fraction of sp³-hybridized carbons (Fsp3) is 0.556. The number of nitrogens with one attached hydrogen (secondary N) is 3. The van der Waals surface area contributed by atoms with Crippen LogP contribution in [0.25, 0.3) is 0 Å². The zero-order chi connectivity index (χ0) is 18.1. The van der Waals surface area contributed by atoms with Crippen molar-refractivity contribution in [2.24, 2.45) is 0 Å². The first-order valence-corrected chi connectivity index (χ1v) is 8.83. The summed E-state index contributed by atoms with van der Waals surface area (Å²) in [5, 5.41) is 8.27. The molecule has 25 heavy (non-hydrogen) atoms. The number of piperidine rings is 1. The number of carbonyl (C=O) groups excluding carboxylic acids is 2. The van der Waals surface area contributed by atoms with Crippen LogP contribution >= 0.6 is 0 Å². The van der Waals surface area contributed by atoms with Gasteiger partial charge in [0.2, 0.25) is 5.91 Å². The molecule has 0 saturated carbocycles. The minimum atomic E-state index is -0.289. The average molecular weight is 348 g/mol. The number of anilines is 1. The Kier molecular flexibility index (Phi) is 7.37. The van der Waals surface area contributed by atoms with Gasteiger partial charge in [0, 0.05) is 25.7 Å². The van der Waals surface area contributed by atoms with E-state index in [1.165, 1.54) is 0 Å². The van der Waals surface area contributed by atoms with Crippen LogP contribution in [0, 0.1) is 0 Å². The minimum absolute atomic E-state index is 0.00585. The molecule has 1 aromatic rings. The van der Waals surface area contributed by atoms with Crippen molar-refractivity contribution in [1.29, 1.82) is 0 Å². The molecule has 1 saturated heterocycles. The highest BCUT2D eigenvalue weighted by Crippen LogP contribution is 2.29. The summed E-state index contributed by atoms with van der Waals surface area (Å²) in [5.41, 5.74) is 1.08. The quantitative estimate of drug-likeness (QED) is 0.697. The lowest BCUT2D eigenvalue weighted by atomic mass is 10.0. The molecule has 1 fully saturated rings. The Bertz CT molecular complexity index is 571. The van der Waals surface area contributed by atoms with Crippen LogP contribution in [0.3, 0.4) is 0 Å². The molecule has 7 nitrogen and oxygen atoms in total. The summed E-state index contributed by atoms with van der Waals surface area (Å²) < 4.78 is 5.41. The van der Waals surface area contributed by atoms with Crippen molar-refractivity contribution in [3.05, 3.63) is 24.3 Å². The van der Waals surface area contributed by atoms with Crippen molar-refractivity contribution in [2.45, 2.75) is 32.2 Å². The van der Waals surface area contributed by atoms with E-state index < -0.39 is 0 Å². The number of urea groups is 1. The van der Waals surface area contributed by atoms with Gasteiger partial charge in [0.15, 0.2) is 0 Å². The van der Waals surface area contributed by atoms with Crippen LogP contribution in [0.1, 0.15) is 26.2 Å². The van der Waals surface area contributed by atoms with Gasteiger partial charge in [0.25, 0.3) is 0 Å². The van der Waals surface area contributed by atoms with Gasteiger partial charge in [-0.1, -0.05) is 19.1 Å². The predicted octanol–water partition coefficient (Wildman–Crippen LogP) is 1.49. The average Bonchev–Trinajstić information content (AvgIpc) is 2.65. The van der Waals surface area contributed by atoms with Crippen molar-refractivity contribution in [2.75, 3.05) is 38.2 Å². The van der Waals surface area contributed by atoms with Crippen molar-refractivity contribution in [3.63, 3.8) is 0 Å². The van der Waals surface area contributed by atoms with E-state index in [-0.39, 0.29) is 24.5 Å². The van der Waals surface area contributed by atoms with E-state index in [4.69, 9.17) is 4.74 Å². The molecule has 3 N–H and O–H groups in total. The second kappa shape index (κ2) is 9.76. The summed E-state index contributed by atoms with van der Waals surface area (Å²) in [5.74, 6) is 0.702. The monoisotopic (exact) mass is 348 g/mol. The smallest absolute Gasteiger partial charge is 0.315 e. The van der Waals surface area contributed by atoms with Crippen LogP contribution < -0.4 is 25.6 Å². The Morgan fingerprint density at radius 1 is 1.20 bits per heavy atom. The van der Waals surface area contributed by atoms with Crippen molar-refractivity contribution < 1.29 is 14.3 Å². The zero-order valence-electron chi connectivity index (χ0n) is 15.0. The van der Waals surface area contributed by atoms with Gasteiger partial charge in [-0.25, -0.2) is 4.79 Å². The largest absolute Gasteiger partial charge is 0.495 e. The SMILES string of the molecule is CCCNC(=O)CNC(=O)NC1CCN(c2ccccc2OC)CC1. The maximum atomic E-state index is 11.9. The molecule has 0 atom stereocenters. The maximum absolute atomic E-state index is 11.9. The van der Waals surface area contributed by atoms with Gasteiger partial charge in [-0.3, -0.25) is 4.79 Å². The molecule has 7 heteroatoms. The lowest BCUT2D eigenvalue weighted by molar-refractivity contribution is -0.120. The normalized spacial score (nSPS) is 14.7. The molecule has 1 heterocycles. The molecule has 0 radical (unpaired) electrons. The Morgan fingerprint density at radius 3 is 2.60 bits per heavy atom. The second-order valence-electron chi connectivity index (χ2n) is 6.11. The highest BCUT2D eigenvalue weighted by Gasteiger charge is 2.22. The third-order valence-corrected chi connectivity index (χ3v) is 4.24. The molecular weight excluding hydrogens is 320 g/mol. The summed E-state index contributed by atoms with van der Waals surface area (Å²) in [7, 11) is 1.67. The number of ether oxygens (including phenoxy) is 1. The first-order valence-electron chi connectivity index (χ1n) is 8.83. The molecular formula is C18H28N4O3. The van der Waals surface area contributed by atoms with Crippen molar-refractivity contribution >= 4 is 17.6 Å². The Hall–Kier alpha value is -2.44. The Morgan fingerprint density at radius 2 is 1.92 bits per heavy atom. The van der Waals surface area contributed by atoms with Crippen LogP contribution in [-0.2, 0) is 4.79 Å². The summed E-state index contributed by atoms with van der Waals surface area (Å²) in [6.45, 7) is 4.32. The lowest BCUT2D eigenvalue weighted by Gasteiger charge is -2.34. The van der Waals surface area contributed by atoms with Gasteiger partial charge >= 0.3 is 6.03 Å². The van der Waals surface area contributed by atoms with Crippen LogP contribution in [-0.4, -0.2) is 51.3 Å². The Labute approximate surface area is 149 Å². The van der Waals surface area contributed by atoms with Gasteiger partial charge in [0.05, 0.1) is 19.3 Å². The van der Waals surface area contributed by atoms with Crippen LogP contribution in [0.4, 0.5) is 10.5 Å². The molecule has 0 aromatic heterocycles. The van der Waals surface area contributed by atoms with Crippen molar-refractivity contribution in [3.8, 4) is 5.75 Å². The number of rotatable bonds is 7. The van der Waals surface area contributed by atoms with E-state index >= 15 is 0 Å². The summed E-state index contributed by atoms with van der Waals surface area (Å²) in [6, 6.07) is 7.79. The summed E-state index contributed by atoms with van der Waals surface area (Å²) in [4.78, 5) is 25.7. The van der Waals surface area contributed by atoms with Crippen LogP contribution in [0.2, 0.25) is 0 Å². The van der Waals surface area contributed by atoms with E-state index in [0.29, 0.717) is 6.54 Å². The molecule has 138 valence electrons. The summed E-state index contributed by atoms with van der Waals surface area (Å²) in [6.07, 6.45) is 2.59. The topological polar surface area (TPSA) is 82.7 Å². The fourth-order valence-corrected chi connectivity index (χ4v) is 2.88. The number of para-hydroxylation sites is 2. The van der Waals surface area contributed by atoms with Gasteiger partial charge in [-0.05, 0) is 31.4 Å². The number of hydrogen-bond donors (Lipinski definition) is 3. The van der Waals surface area contributed by atoms with Gasteiger partial charge in [-0.15, -0.1) is 0 Å². The third-order valence-electron chi connectivity index (χ3n) is 4.24. The highest BCUT2D eigenvalue weighted by atomic mass is 16.5. The van der Waals surface area contributed by atoms with Gasteiger partial charge in [-0.2, -0.15) is 0 Å². The van der Waals surface area contributed by atoms with Gasteiger partial charge in [0.1, 0.15) is 5.75 Å². The summed E-state index contributed by atoms with van der Waals surface area (Å²) >= 11 is 0. The first-order chi connectivity index (χ1) is 12.1. The van der Waals surface area contributed by atoms with E-state index in [1.54, 1.807) is 7.11 Å². The number of amides is 3. The van der Waals surface area contributed by atoms with E-state index in [1.807, 2.05) is 31.2 Å². The molecule has 1 aliphatic rings. The minimum Gasteiger partial charge on any atom is -0.495 e. The van der Waals surface area contributed by atoms with Gasteiger partial charge < -0.3 is 25.6 Å². The molecule has 0 bridgehead atoms. The van der Waals surface area contributed by atoms with E-state index in [0.717, 1.165) is 43.8 Å². The molecule has 0 unspecified atom stereocenters. The molecule has 2 rings (SSSR count). The van der Waals surface area contributed by atoms with E-state index in [2.05, 4.69) is 20.9 Å². The molecule has 0 aliphatic carbocycles. The van der Waals surface area contributed by atoms with Crippen LogP contribution in [0.15, 0.2) is 24.3 Å². The zero-order valence-corrected chi connectivity index (χ0v) is 15.0. The number of hydrogen-bond acceptors (Lipinski definition) is 4. The van der Waals surface area contributed by atoms with Crippen LogP contribution in [0.5, 0.6) is 5.75 Å². The number of benzene rings is 1. The Balaban J connectivity index is 1.73.